The van der Waals surface area contributed by atoms with Gasteiger partial charge in [0.1, 0.15) is 11.3 Å². The van der Waals surface area contributed by atoms with Gasteiger partial charge >= 0.3 is 5.97 Å². The van der Waals surface area contributed by atoms with Gasteiger partial charge in [-0.25, -0.2) is 4.79 Å². The maximum Gasteiger partial charge on any atom is 0.339 e. The smallest absolute Gasteiger partial charge is 0.339 e. The summed E-state index contributed by atoms with van der Waals surface area (Å²) < 4.78 is 5.48. The minimum Gasteiger partial charge on any atom is -0.493 e. The number of carboxylic acids is 1. The normalized spacial score (nSPS) is 14.4. The second-order valence-corrected chi connectivity index (χ2v) is 8.63. The highest BCUT2D eigenvalue weighted by Crippen LogP contribution is 2.32. The molecule has 176 valence electrons. The molecule has 0 saturated carbocycles. The standard InChI is InChI=1S/C27H34N2O4/c1-4-33-25-17-20(12-13-22(25)27(31)32)18-26(30)28-23(16-19(2)3)21-10-6-7-11-24(21)29-14-8-5-9-15-29/h6-7,10-13,17,23H,2,4-5,8-9,14-16,18H2,1,3H3,(H,28,30)(H,31,32)/t23-/m1/s1. The molecule has 2 N–H and O–H groups in total. The Balaban J connectivity index is 1.80. The lowest BCUT2D eigenvalue weighted by Gasteiger charge is -2.33. The summed E-state index contributed by atoms with van der Waals surface area (Å²) in [5.74, 6) is -0.894. The second kappa shape index (κ2) is 11.5. The van der Waals surface area contributed by atoms with E-state index in [1.54, 1.807) is 19.1 Å². The molecule has 6 heteroatoms. The van der Waals surface area contributed by atoms with Crippen molar-refractivity contribution in [1.29, 1.82) is 0 Å². The van der Waals surface area contributed by atoms with Crippen LogP contribution in [0.4, 0.5) is 5.69 Å². The van der Waals surface area contributed by atoms with E-state index < -0.39 is 5.97 Å². The largest absolute Gasteiger partial charge is 0.493 e. The van der Waals surface area contributed by atoms with E-state index in [-0.39, 0.29) is 29.7 Å². The molecule has 6 nitrogen and oxygen atoms in total. The fourth-order valence-corrected chi connectivity index (χ4v) is 4.35. The van der Waals surface area contributed by atoms with E-state index in [1.807, 2.05) is 19.1 Å². The fourth-order valence-electron chi connectivity index (χ4n) is 4.35. The Kier molecular flexibility index (Phi) is 8.52. The van der Waals surface area contributed by atoms with Gasteiger partial charge in [0.2, 0.25) is 5.91 Å². The van der Waals surface area contributed by atoms with Gasteiger partial charge in [-0.15, -0.1) is 6.58 Å². The van der Waals surface area contributed by atoms with Crippen LogP contribution in [0.2, 0.25) is 0 Å². The van der Waals surface area contributed by atoms with Crippen molar-refractivity contribution < 1.29 is 19.4 Å². The molecular formula is C27H34N2O4. The van der Waals surface area contributed by atoms with Crippen LogP contribution in [0.25, 0.3) is 0 Å². The number of carbonyl (C=O) groups is 2. The molecule has 1 saturated heterocycles. The molecule has 0 aromatic heterocycles. The van der Waals surface area contributed by atoms with Crippen LogP contribution in [0.3, 0.4) is 0 Å². The van der Waals surface area contributed by atoms with Crippen LogP contribution in [-0.4, -0.2) is 36.7 Å². The number of hydrogen-bond donors (Lipinski definition) is 2. The molecular weight excluding hydrogens is 416 g/mol. The number of amides is 1. The molecule has 1 aliphatic rings. The third-order valence-electron chi connectivity index (χ3n) is 5.84. The summed E-state index contributed by atoms with van der Waals surface area (Å²) in [7, 11) is 0. The lowest BCUT2D eigenvalue weighted by atomic mass is 9.96. The van der Waals surface area contributed by atoms with Crippen molar-refractivity contribution in [2.75, 3.05) is 24.6 Å². The van der Waals surface area contributed by atoms with Gasteiger partial charge in [-0.2, -0.15) is 0 Å². The Morgan fingerprint density at radius 1 is 1.15 bits per heavy atom. The first-order valence-corrected chi connectivity index (χ1v) is 11.7. The predicted molar refractivity (Wildman–Crippen MR) is 131 cm³/mol. The van der Waals surface area contributed by atoms with Crippen LogP contribution >= 0.6 is 0 Å². The molecule has 2 aromatic carbocycles. The molecule has 1 aliphatic heterocycles. The van der Waals surface area contributed by atoms with Gasteiger partial charge < -0.3 is 20.1 Å². The van der Waals surface area contributed by atoms with Gasteiger partial charge in [0, 0.05) is 18.8 Å². The first-order chi connectivity index (χ1) is 15.9. The third-order valence-corrected chi connectivity index (χ3v) is 5.84. The van der Waals surface area contributed by atoms with Gasteiger partial charge in [-0.1, -0.05) is 29.8 Å². The van der Waals surface area contributed by atoms with Gasteiger partial charge in [-0.05, 0) is 68.9 Å². The molecule has 0 spiro atoms. The van der Waals surface area contributed by atoms with Crippen LogP contribution in [0, 0.1) is 0 Å². The van der Waals surface area contributed by atoms with Crippen LogP contribution in [0.1, 0.15) is 67.1 Å². The minimum atomic E-state index is -1.05. The topological polar surface area (TPSA) is 78.9 Å². The van der Waals surface area contributed by atoms with E-state index in [1.165, 1.54) is 31.0 Å². The van der Waals surface area contributed by atoms with Crippen molar-refractivity contribution in [3.05, 3.63) is 71.3 Å². The minimum absolute atomic E-state index is 0.0941. The van der Waals surface area contributed by atoms with Crippen LogP contribution < -0.4 is 15.0 Å². The zero-order chi connectivity index (χ0) is 23.8. The Hall–Kier alpha value is -3.28. The molecule has 0 bridgehead atoms. The Bertz CT molecular complexity index is 995. The number of aromatic carboxylic acids is 1. The second-order valence-electron chi connectivity index (χ2n) is 8.63. The molecule has 1 heterocycles. The van der Waals surface area contributed by atoms with Crippen molar-refractivity contribution in [3.8, 4) is 5.75 Å². The molecule has 0 radical (unpaired) electrons. The van der Waals surface area contributed by atoms with Crippen LogP contribution in [-0.2, 0) is 11.2 Å². The van der Waals surface area contributed by atoms with Crippen molar-refractivity contribution in [3.63, 3.8) is 0 Å². The van der Waals surface area contributed by atoms with Crippen molar-refractivity contribution in [2.24, 2.45) is 0 Å². The average molecular weight is 451 g/mol. The summed E-state index contributed by atoms with van der Waals surface area (Å²) >= 11 is 0. The third kappa shape index (κ3) is 6.60. The van der Waals surface area contributed by atoms with Crippen LogP contribution in [0.15, 0.2) is 54.6 Å². The van der Waals surface area contributed by atoms with Gasteiger partial charge in [0.05, 0.1) is 19.1 Å². The van der Waals surface area contributed by atoms with E-state index in [0.717, 1.165) is 24.2 Å². The SMILES string of the molecule is C=C(C)C[C@@H](NC(=O)Cc1ccc(C(=O)O)c(OCC)c1)c1ccccc1N1CCCCC1. The molecule has 33 heavy (non-hydrogen) atoms. The van der Waals surface area contributed by atoms with Gasteiger partial charge in [0.25, 0.3) is 0 Å². The lowest BCUT2D eigenvalue weighted by molar-refractivity contribution is -0.121. The Morgan fingerprint density at radius 2 is 1.88 bits per heavy atom. The lowest BCUT2D eigenvalue weighted by Crippen LogP contribution is -2.34. The Morgan fingerprint density at radius 3 is 2.55 bits per heavy atom. The van der Waals surface area contributed by atoms with E-state index >= 15 is 0 Å². The Labute approximate surface area is 196 Å². The summed E-state index contributed by atoms with van der Waals surface area (Å²) in [6.45, 7) is 10.3. The number of ether oxygens (including phenoxy) is 1. The number of nitrogens with zero attached hydrogens (tertiary/aromatic N) is 1. The summed E-state index contributed by atoms with van der Waals surface area (Å²) in [4.78, 5) is 26.9. The van der Waals surface area contributed by atoms with Gasteiger partial charge in [0.15, 0.2) is 0 Å². The first kappa shape index (κ1) is 24.4. The fraction of sp³-hybridized carbons (Fsp3) is 0.407. The number of hydrogen-bond acceptors (Lipinski definition) is 4. The number of anilines is 1. The summed E-state index contributed by atoms with van der Waals surface area (Å²) in [6.07, 6.45) is 4.41. The number of piperidine rings is 1. The summed E-state index contributed by atoms with van der Waals surface area (Å²) in [5.41, 5.74) is 4.08. The highest BCUT2D eigenvalue weighted by atomic mass is 16.5. The number of carboxylic acid groups (broad SMARTS) is 1. The molecule has 1 amide bonds. The zero-order valence-electron chi connectivity index (χ0n) is 19.6. The summed E-state index contributed by atoms with van der Waals surface area (Å²) in [6, 6.07) is 12.9. The van der Waals surface area contributed by atoms with Crippen molar-refractivity contribution >= 4 is 17.6 Å². The molecule has 1 fully saturated rings. The molecule has 2 aromatic rings. The predicted octanol–water partition coefficient (Wildman–Crippen LogP) is 5.14. The number of nitrogens with one attached hydrogen (secondary N) is 1. The maximum atomic E-state index is 13.0. The van der Waals surface area contributed by atoms with Crippen molar-refractivity contribution in [2.45, 2.75) is 52.0 Å². The highest BCUT2D eigenvalue weighted by Gasteiger charge is 2.22. The molecule has 0 unspecified atom stereocenters. The molecule has 3 rings (SSSR count). The summed E-state index contributed by atoms with van der Waals surface area (Å²) in [5, 5.41) is 12.6. The number of benzene rings is 2. The highest BCUT2D eigenvalue weighted by molar-refractivity contribution is 5.91. The number of para-hydroxylation sites is 1. The van der Waals surface area contributed by atoms with E-state index in [9.17, 15) is 14.7 Å². The van der Waals surface area contributed by atoms with E-state index in [0.29, 0.717) is 18.6 Å². The maximum absolute atomic E-state index is 13.0. The average Bonchev–Trinajstić information content (AvgIpc) is 2.79. The van der Waals surface area contributed by atoms with Crippen LogP contribution in [0.5, 0.6) is 5.75 Å². The molecule has 1 atom stereocenters. The monoisotopic (exact) mass is 450 g/mol. The number of rotatable bonds is 10. The quantitative estimate of drug-likeness (QED) is 0.490. The van der Waals surface area contributed by atoms with E-state index in [4.69, 9.17) is 4.74 Å². The first-order valence-electron chi connectivity index (χ1n) is 11.7. The van der Waals surface area contributed by atoms with Crippen molar-refractivity contribution in [1.82, 2.24) is 5.32 Å². The molecule has 0 aliphatic carbocycles. The van der Waals surface area contributed by atoms with Gasteiger partial charge in [-0.3, -0.25) is 4.79 Å². The number of carbonyl (C=O) groups excluding carboxylic acids is 1. The van der Waals surface area contributed by atoms with E-state index in [2.05, 4.69) is 28.9 Å². The zero-order valence-corrected chi connectivity index (χ0v) is 19.6.